The number of carbonyl (C=O) groups excluding carboxylic acids is 1. The lowest BCUT2D eigenvalue weighted by atomic mass is 9.89. The molecule has 1 N–H and O–H groups in total. The number of halogens is 3. The molecular weight excluding hydrogens is 607 g/mol. The molecule has 0 radical (unpaired) electrons. The molecule has 0 bridgehead atoms. The van der Waals surface area contributed by atoms with Gasteiger partial charge in [0.25, 0.3) is 5.69 Å². The van der Waals surface area contributed by atoms with Crippen molar-refractivity contribution in [2.24, 2.45) is 0 Å². The van der Waals surface area contributed by atoms with Crippen molar-refractivity contribution in [2.45, 2.75) is 24.0 Å². The summed E-state index contributed by atoms with van der Waals surface area (Å²) in [7, 11) is -4.27. The molecule has 1 heterocycles. The monoisotopic (exact) mass is 626 g/mol. The van der Waals surface area contributed by atoms with Gasteiger partial charge in [0.1, 0.15) is 11.6 Å². The van der Waals surface area contributed by atoms with Gasteiger partial charge in [-0.1, -0.05) is 16.6 Å². The SMILES string of the molecule is CC1=C(C#N)C(c2ccc(C#N)cc2S(C)(=O)=O)[N+](C(=O)O)(c2ccc([N+](=O)[O-])cc2)C(=O)N1c1cccc(C(F)(F)F)c1. The maximum Gasteiger partial charge on any atom is 0.528 e. The summed E-state index contributed by atoms with van der Waals surface area (Å²) in [5.41, 5.74) is -3.99. The van der Waals surface area contributed by atoms with Crippen molar-refractivity contribution in [3.05, 3.63) is 105 Å². The van der Waals surface area contributed by atoms with Crippen LogP contribution in [0.4, 0.5) is 39.8 Å². The number of alkyl halides is 3. The zero-order chi connectivity index (χ0) is 32.8. The second-order valence-corrected chi connectivity index (χ2v) is 11.6. The van der Waals surface area contributed by atoms with E-state index in [2.05, 4.69) is 0 Å². The number of carboxylic acid groups (broad SMARTS) is 1. The molecule has 0 saturated carbocycles. The molecule has 44 heavy (non-hydrogen) atoms. The number of imide groups is 1. The van der Waals surface area contributed by atoms with Gasteiger partial charge in [0.15, 0.2) is 21.6 Å². The number of sulfone groups is 1. The lowest BCUT2D eigenvalue weighted by Gasteiger charge is -2.44. The zero-order valence-electron chi connectivity index (χ0n) is 22.6. The Balaban J connectivity index is 2.22. The van der Waals surface area contributed by atoms with Gasteiger partial charge < -0.3 is 5.11 Å². The Morgan fingerprint density at radius 1 is 1.07 bits per heavy atom. The number of nitrogens with zero attached hydrogens (tertiary/aromatic N) is 5. The predicted molar refractivity (Wildman–Crippen MR) is 148 cm³/mol. The van der Waals surface area contributed by atoms with E-state index in [-0.39, 0.29) is 16.8 Å². The van der Waals surface area contributed by atoms with E-state index in [0.717, 1.165) is 66.9 Å². The Morgan fingerprint density at radius 3 is 2.20 bits per heavy atom. The second kappa shape index (κ2) is 10.9. The number of anilines is 1. The number of hydrogen-bond donors (Lipinski definition) is 1. The zero-order valence-corrected chi connectivity index (χ0v) is 23.4. The second-order valence-electron chi connectivity index (χ2n) is 9.59. The lowest BCUT2D eigenvalue weighted by Crippen LogP contribution is -2.67. The number of quaternary nitrogens is 1. The van der Waals surface area contributed by atoms with Gasteiger partial charge >= 0.3 is 18.3 Å². The number of nitro groups is 1. The first-order valence-electron chi connectivity index (χ1n) is 12.2. The topological polar surface area (TPSA) is 182 Å². The molecule has 3 amide bonds. The standard InChI is InChI=1S/C28H18F3N5O7S/c1-16-23(15-33)25(22-11-6-17(14-32)12-24(22)44(2,42)43)36(27(38)39,21-9-7-19(8-10-21)35(40)41)26(37)34(16)20-5-3-4-18(13-20)28(29,30)31/h3-13,25H,1-2H3/p+1. The third-order valence-electron chi connectivity index (χ3n) is 7.04. The summed E-state index contributed by atoms with van der Waals surface area (Å²) in [6, 6.07) is 10.2. The lowest BCUT2D eigenvalue weighted by molar-refractivity contribution is -0.384. The largest absolute Gasteiger partial charge is 0.528 e. The molecule has 1 aliphatic rings. The van der Waals surface area contributed by atoms with E-state index in [9.17, 15) is 56.9 Å². The van der Waals surface area contributed by atoms with Gasteiger partial charge in [-0.25, -0.2) is 18.1 Å². The fourth-order valence-corrected chi connectivity index (χ4v) is 6.03. The minimum Gasteiger partial charge on any atom is -0.435 e. The van der Waals surface area contributed by atoms with Crippen LogP contribution in [0, 0.1) is 32.8 Å². The number of benzene rings is 3. The highest BCUT2D eigenvalue weighted by Gasteiger charge is 2.63. The Bertz CT molecular complexity index is 1960. The third-order valence-corrected chi connectivity index (χ3v) is 8.19. The van der Waals surface area contributed by atoms with Crippen molar-refractivity contribution in [2.75, 3.05) is 11.2 Å². The van der Waals surface area contributed by atoms with Gasteiger partial charge in [0, 0.05) is 41.8 Å². The Kier molecular flexibility index (Phi) is 7.78. The molecule has 1 aliphatic heterocycles. The molecule has 0 aromatic heterocycles. The average molecular weight is 627 g/mol. The van der Waals surface area contributed by atoms with E-state index < -0.39 is 76.7 Å². The van der Waals surface area contributed by atoms with Crippen LogP contribution in [0.2, 0.25) is 0 Å². The predicted octanol–water partition coefficient (Wildman–Crippen LogP) is 6.05. The summed E-state index contributed by atoms with van der Waals surface area (Å²) >= 11 is 0. The number of hydrogen-bond acceptors (Lipinski definition) is 8. The number of allylic oxidation sites excluding steroid dienone is 1. The highest BCUT2D eigenvalue weighted by molar-refractivity contribution is 7.90. The van der Waals surface area contributed by atoms with Crippen LogP contribution in [0.1, 0.15) is 29.7 Å². The van der Waals surface area contributed by atoms with E-state index in [1.54, 1.807) is 12.1 Å². The first kappa shape index (κ1) is 31.4. The molecule has 0 aliphatic carbocycles. The number of rotatable bonds is 5. The van der Waals surface area contributed by atoms with Crippen LogP contribution in [0.5, 0.6) is 0 Å². The highest BCUT2D eigenvalue weighted by atomic mass is 32.2. The van der Waals surface area contributed by atoms with Crippen molar-refractivity contribution < 1.29 is 41.2 Å². The minimum absolute atomic E-state index is 0.148. The van der Waals surface area contributed by atoms with Crippen molar-refractivity contribution in [1.82, 2.24) is 4.48 Å². The maximum absolute atomic E-state index is 14.6. The number of non-ortho nitro benzene ring substituents is 1. The van der Waals surface area contributed by atoms with Gasteiger partial charge in [0.2, 0.25) is 0 Å². The molecule has 0 fully saturated rings. The van der Waals surface area contributed by atoms with Crippen LogP contribution in [-0.4, -0.2) is 36.8 Å². The molecule has 2 atom stereocenters. The van der Waals surface area contributed by atoms with Gasteiger partial charge in [-0.2, -0.15) is 28.5 Å². The number of urea groups is 1. The third kappa shape index (κ3) is 5.02. The van der Waals surface area contributed by atoms with Crippen LogP contribution >= 0.6 is 0 Å². The molecule has 0 saturated heterocycles. The highest BCUT2D eigenvalue weighted by Crippen LogP contribution is 2.49. The summed E-state index contributed by atoms with van der Waals surface area (Å²) < 4.78 is 64.8. The summed E-state index contributed by atoms with van der Waals surface area (Å²) in [5, 5.41) is 41.9. The van der Waals surface area contributed by atoms with Gasteiger partial charge in [-0.15, -0.1) is 0 Å². The molecule has 2 unspecified atom stereocenters. The Morgan fingerprint density at radius 2 is 1.70 bits per heavy atom. The van der Waals surface area contributed by atoms with E-state index in [4.69, 9.17) is 0 Å². The number of nitriles is 2. The van der Waals surface area contributed by atoms with Crippen molar-refractivity contribution in [3.8, 4) is 12.1 Å². The molecular formula is C28H19F3N5O7S+. The summed E-state index contributed by atoms with van der Waals surface area (Å²) in [6.07, 6.45) is -6.09. The molecule has 12 nitrogen and oxygen atoms in total. The fraction of sp³-hybridized carbons (Fsp3) is 0.143. The van der Waals surface area contributed by atoms with Gasteiger partial charge in [0.05, 0.1) is 32.7 Å². The van der Waals surface area contributed by atoms with Crippen molar-refractivity contribution >= 4 is 39.0 Å². The van der Waals surface area contributed by atoms with E-state index in [1.807, 2.05) is 0 Å². The van der Waals surface area contributed by atoms with Crippen LogP contribution in [0.15, 0.2) is 82.9 Å². The minimum atomic E-state index is -4.86. The molecule has 0 spiro atoms. The van der Waals surface area contributed by atoms with E-state index in [1.165, 1.54) is 6.92 Å². The number of amides is 3. The van der Waals surface area contributed by atoms with Crippen LogP contribution in [-0.2, 0) is 16.0 Å². The van der Waals surface area contributed by atoms with Gasteiger partial charge in [-0.3, -0.25) is 10.1 Å². The van der Waals surface area contributed by atoms with Crippen molar-refractivity contribution in [3.63, 3.8) is 0 Å². The van der Waals surface area contributed by atoms with Crippen molar-refractivity contribution in [1.29, 1.82) is 10.5 Å². The maximum atomic E-state index is 14.6. The smallest absolute Gasteiger partial charge is 0.435 e. The van der Waals surface area contributed by atoms with Gasteiger partial charge in [-0.05, 0) is 37.3 Å². The molecule has 3 aromatic carbocycles. The quantitative estimate of drug-likeness (QED) is 0.200. The van der Waals surface area contributed by atoms with Crippen LogP contribution in [0.25, 0.3) is 0 Å². The molecule has 3 aromatic rings. The van der Waals surface area contributed by atoms with E-state index in [0.29, 0.717) is 11.0 Å². The summed E-state index contributed by atoms with van der Waals surface area (Å²) in [5.74, 6) is 0. The normalized spacial score (nSPS) is 18.8. The number of carbonyl (C=O) groups is 2. The Labute approximate surface area is 247 Å². The average Bonchev–Trinajstić information content (AvgIpc) is 2.96. The van der Waals surface area contributed by atoms with Crippen LogP contribution < -0.4 is 9.38 Å². The molecule has 16 heteroatoms. The molecule has 4 rings (SSSR count). The Hall–Kier alpha value is -5.58. The first-order chi connectivity index (χ1) is 20.5. The van der Waals surface area contributed by atoms with Crippen LogP contribution in [0.3, 0.4) is 0 Å². The van der Waals surface area contributed by atoms with E-state index >= 15 is 0 Å². The number of nitro benzene ring substituents is 1. The summed E-state index contributed by atoms with van der Waals surface area (Å²) in [4.78, 5) is 38.5. The fourth-order valence-electron chi connectivity index (χ4n) is 5.08. The summed E-state index contributed by atoms with van der Waals surface area (Å²) in [6.45, 7) is 1.18. The molecule has 224 valence electrons. The first-order valence-corrected chi connectivity index (χ1v) is 14.1.